The molecule has 0 atom stereocenters. The summed E-state index contributed by atoms with van der Waals surface area (Å²) in [4.78, 5) is 22.2. The summed E-state index contributed by atoms with van der Waals surface area (Å²) in [7, 11) is -3.89. The standard InChI is InChI=1S/C15H17NO6S/c17-14(18)13(15(19)20)10-16(11-6-2-1-3-7-11)23(21,22)12-8-4-5-9-12/h1-3,6-7,10,12H,4-5,8-9H2,(H,17,18)(H,19,20). The fourth-order valence-corrected chi connectivity index (χ4v) is 4.45. The second-order valence-corrected chi connectivity index (χ2v) is 7.33. The van der Waals surface area contributed by atoms with Gasteiger partial charge >= 0.3 is 11.9 Å². The van der Waals surface area contributed by atoms with Crippen molar-refractivity contribution < 1.29 is 28.2 Å². The predicted molar refractivity (Wildman–Crippen MR) is 83.5 cm³/mol. The summed E-state index contributed by atoms with van der Waals surface area (Å²) < 4.78 is 26.4. The highest BCUT2D eigenvalue weighted by atomic mass is 32.2. The first-order valence-electron chi connectivity index (χ1n) is 7.10. The normalized spacial score (nSPS) is 15.1. The van der Waals surface area contributed by atoms with Crippen molar-refractivity contribution in [1.29, 1.82) is 0 Å². The monoisotopic (exact) mass is 339 g/mol. The molecule has 0 heterocycles. The molecule has 1 aliphatic carbocycles. The van der Waals surface area contributed by atoms with Crippen LogP contribution in [0, 0.1) is 0 Å². The smallest absolute Gasteiger partial charge is 0.344 e. The van der Waals surface area contributed by atoms with Crippen molar-refractivity contribution >= 4 is 27.6 Å². The Morgan fingerprint density at radius 3 is 2.04 bits per heavy atom. The molecule has 0 bridgehead atoms. The van der Waals surface area contributed by atoms with Gasteiger partial charge in [0.25, 0.3) is 0 Å². The second-order valence-electron chi connectivity index (χ2n) is 5.24. The molecule has 0 amide bonds. The molecule has 2 N–H and O–H groups in total. The molecule has 0 unspecified atom stereocenters. The minimum Gasteiger partial charge on any atom is -0.477 e. The Labute approximate surface area is 133 Å². The van der Waals surface area contributed by atoms with E-state index in [1.807, 2.05) is 0 Å². The topological polar surface area (TPSA) is 112 Å². The van der Waals surface area contributed by atoms with E-state index < -0.39 is 32.8 Å². The van der Waals surface area contributed by atoms with E-state index in [1.54, 1.807) is 18.2 Å². The van der Waals surface area contributed by atoms with Gasteiger partial charge in [0, 0.05) is 6.20 Å². The molecule has 0 aromatic heterocycles. The van der Waals surface area contributed by atoms with Gasteiger partial charge in [0.2, 0.25) is 10.0 Å². The molecule has 0 radical (unpaired) electrons. The van der Waals surface area contributed by atoms with Gasteiger partial charge in [-0.1, -0.05) is 31.0 Å². The summed E-state index contributed by atoms with van der Waals surface area (Å²) in [6, 6.07) is 7.86. The Morgan fingerprint density at radius 2 is 1.57 bits per heavy atom. The predicted octanol–water partition coefficient (Wildman–Crippen LogP) is 1.82. The number of sulfonamides is 1. The molecule has 23 heavy (non-hydrogen) atoms. The highest BCUT2D eigenvalue weighted by Crippen LogP contribution is 2.30. The lowest BCUT2D eigenvalue weighted by Crippen LogP contribution is -2.35. The average Bonchev–Trinajstić information content (AvgIpc) is 3.02. The van der Waals surface area contributed by atoms with Crippen LogP contribution in [-0.4, -0.2) is 35.8 Å². The molecule has 1 fully saturated rings. The lowest BCUT2D eigenvalue weighted by Gasteiger charge is -2.24. The Balaban J connectivity index is 2.55. The Morgan fingerprint density at radius 1 is 1.04 bits per heavy atom. The van der Waals surface area contributed by atoms with Crippen LogP contribution in [0.3, 0.4) is 0 Å². The molecule has 124 valence electrons. The van der Waals surface area contributed by atoms with Crippen molar-refractivity contribution in [2.24, 2.45) is 0 Å². The number of carbonyl (C=O) groups is 2. The largest absolute Gasteiger partial charge is 0.477 e. The molecule has 8 heteroatoms. The summed E-state index contributed by atoms with van der Waals surface area (Å²) >= 11 is 0. The summed E-state index contributed by atoms with van der Waals surface area (Å²) in [6.45, 7) is 0. The van der Waals surface area contributed by atoms with E-state index >= 15 is 0 Å². The van der Waals surface area contributed by atoms with Gasteiger partial charge in [-0.05, 0) is 25.0 Å². The molecule has 1 aromatic carbocycles. The highest BCUT2D eigenvalue weighted by molar-refractivity contribution is 7.93. The van der Waals surface area contributed by atoms with Crippen molar-refractivity contribution in [1.82, 2.24) is 0 Å². The van der Waals surface area contributed by atoms with Crippen LogP contribution in [0.15, 0.2) is 42.1 Å². The quantitative estimate of drug-likeness (QED) is 0.464. The van der Waals surface area contributed by atoms with Crippen molar-refractivity contribution in [3.8, 4) is 0 Å². The first-order valence-corrected chi connectivity index (χ1v) is 8.61. The lowest BCUT2D eigenvalue weighted by atomic mass is 10.3. The first kappa shape index (κ1) is 17.0. The first-order chi connectivity index (χ1) is 10.8. The van der Waals surface area contributed by atoms with Gasteiger partial charge < -0.3 is 10.2 Å². The molecular weight excluding hydrogens is 322 g/mol. The van der Waals surface area contributed by atoms with E-state index in [0.717, 1.165) is 17.1 Å². The molecule has 1 saturated carbocycles. The highest BCUT2D eigenvalue weighted by Gasteiger charge is 2.35. The van der Waals surface area contributed by atoms with Crippen LogP contribution >= 0.6 is 0 Å². The Hall–Kier alpha value is -2.35. The summed E-state index contributed by atoms with van der Waals surface area (Å²) in [5, 5.41) is 17.4. The zero-order chi connectivity index (χ0) is 17.0. The second kappa shape index (κ2) is 6.82. The number of rotatable bonds is 6. The number of nitrogens with zero attached hydrogens (tertiary/aromatic N) is 1. The third kappa shape index (κ3) is 3.70. The van der Waals surface area contributed by atoms with Crippen LogP contribution < -0.4 is 4.31 Å². The number of hydrogen-bond acceptors (Lipinski definition) is 4. The number of carboxylic acids is 2. The van der Waals surface area contributed by atoms with E-state index in [2.05, 4.69) is 0 Å². The fraction of sp³-hybridized carbons (Fsp3) is 0.333. The van der Waals surface area contributed by atoms with E-state index in [0.29, 0.717) is 19.0 Å². The van der Waals surface area contributed by atoms with Crippen molar-refractivity contribution in [3.05, 3.63) is 42.1 Å². The number of carboxylic acid groups (broad SMARTS) is 2. The van der Waals surface area contributed by atoms with E-state index in [-0.39, 0.29) is 5.69 Å². The zero-order valence-electron chi connectivity index (χ0n) is 12.3. The number of para-hydroxylation sites is 1. The molecule has 1 aromatic rings. The molecule has 0 aliphatic heterocycles. The van der Waals surface area contributed by atoms with E-state index in [1.165, 1.54) is 12.1 Å². The third-order valence-electron chi connectivity index (χ3n) is 3.72. The molecule has 1 aliphatic rings. The van der Waals surface area contributed by atoms with Gasteiger partial charge in [0.05, 0.1) is 10.9 Å². The van der Waals surface area contributed by atoms with Crippen LogP contribution in [-0.2, 0) is 19.6 Å². The van der Waals surface area contributed by atoms with Crippen molar-refractivity contribution in [3.63, 3.8) is 0 Å². The van der Waals surface area contributed by atoms with Crippen LogP contribution in [0.4, 0.5) is 5.69 Å². The van der Waals surface area contributed by atoms with Gasteiger partial charge in [-0.25, -0.2) is 22.3 Å². The zero-order valence-corrected chi connectivity index (χ0v) is 13.1. The van der Waals surface area contributed by atoms with Crippen LogP contribution in [0.2, 0.25) is 0 Å². The molecule has 0 spiro atoms. The van der Waals surface area contributed by atoms with E-state index in [9.17, 15) is 18.0 Å². The van der Waals surface area contributed by atoms with Crippen LogP contribution in [0.1, 0.15) is 25.7 Å². The minimum atomic E-state index is -3.89. The summed E-state index contributed by atoms with van der Waals surface area (Å²) in [5.74, 6) is -3.39. The van der Waals surface area contributed by atoms with Gasteiger partial charge in [-0.15, -0.1) is 0 Å². The number of benzene rings is 1. The minimum absolute atomic E-state index is 0.208. The van der Waals surface area contributed by atoms with Crippen molar-refractivity contribution in [2.75, 3.05) is 4.31 Å². The number of aliphatic carboxylic acids is 2. The Bertz CT molecular complexity index is 704. The van der Waals surface area contributed by atoms with E-state index in [4.69, 9.17) is 10.2 Å². The van der Waals surface area contributed by atoms with Crippen LogP contribution in [0.5, 0.6) is 0 Å². The molecular formula is C15H17NO6S. The maximum Gasteiger partial charge on any atom is 0.344 e. The number of hydrogen-bond donors (Lipinski definition) is 2. The third-order valence-corrected chi connectivity index (χ3v) is 5.89. The lowest BCUT2D eigenvalue weighted by molar-refractivity contribution is -0.140. The fourth-order valence-electron chi connectivity index (χ4n) is 2.54. The summed E-state index contributed by atoms with van der Waals surface area (Å²) in [5.41, 5.74) is -0.796. The van der Waals surface area contributed by atoms with Crippen LogP contribution in [0.25, 0.3) is 0 Å². The maximum absolute atomic E-state index is 12.8. The van der Waals surface area contributed by atoms with Gasteiger partial charge in [-0.3, -0.25) is 0 Å². The number of anilines is 1. The van der Waals surface area contributed by atoms with Gasteiger partial charge in [0.15, 0.2) is 5.57 Å². The van der Waals surface area contributed by atoms with Gasteiger partial charge in [-0.2, -0.15) is 0 Å². The Kier molecular flexibility index (Phi) is 5.05. The SMILES string of the molecule is O=C(O)C(=CN(c1ccccc1)S(=O)(=O)C1CCCC1)C(=O)O. The van der Waals surface area contributed by atoms with Crippen molar-refractivity contribution in [2.45, 2.75) is 30.9 Å². The molecule has 2 rings (SSSR count). The average molecular weight is 339 g/mol. The summed E-state index contributed by atoms with van der Waals surface area (Å²) in [6.07, 6.45) is 3.19. The van der Waals surface area contributed by atoms with Gasteiger partial charge in [0.1, 0.15) is 0 Å². The maximum atomic E-state index is 12.8. The molecule has 0 saturated heterocycles. The molecule has 7 nitrogen and oxygen atoms in total.